The van der Waals surface area contributed by atoms with Crippen molar-refractivity contribution in [2.24, 2.45) is 17.2 Å². The van der Waals surface area contributed by atoms with Gasteiger partial charge in [0.15, 0.2) is 0 Å². The molecule has 76 valence electrons. The van der Waals surface area contributed by atoms with E-state index in [0.29, 0.717) is 17.8 Å². The molecule has 2 unspecified atom stereocenters. The molecule has 13 heavy (non-hydrogen) atoms. The maximum absolute atomic E-state index is 5.40. The normalized spacial score (nSPS) is 16.3. The molecule has 3 N–H and O–H groups in total. The van der Waals surface area contributed by atoms with Crippen molar-refractivity contribution < 1.29 is 0 Å². The third kappa shape index (κ3) is 4.92. The number of nitrogens with one attached hydrogen (secondary N) is 1. The minimum absolute atomic E-state index is 0.249. The highest BCUT2D eigenvalue weighted by Crippen LogP contribution is 2.29. The van der Waals surface area contributed by atoms with Gasteiger partial charge in [0.25, 0.3) is 0 Å². The number of hydrogen-bond acceptors (Lipinski definition) is 2. The van der Waals surface area contributed by atoms with Crippen LogP contribution in [0.1, 0.15) is 40.5 Å². The molecule has 0 aromatic rings. The fourth-order valence-corrected chi connectivity index (χ4v) is 1.13. The molecule has 0 radical (unpaired) electrons. The molecule has 0 fully saturated rings. The van der Waals surface area contributed by atoms with Crippen molar-refractivity contribution in [1.82, 2.24) is 5.43 Å². The van der Waals surface area contributed by atoms with Crippen molar-refractivity contribution in [3.8, 4) is 12.3 Å². The molecule has 0 aromatic heterocycles. The summed E-state index contributed by atoms with van der Waals surface area (Å²) in [6, 6.07) is 0.249. The van der Waals surface area contributed by atoms with Crippen LogP contribution in [-0.2, 0) is 0 Å². The molecular formula is C11H22N2. The molecule has 2 nitrogen and oxygen atoms in total. The predicted octanol–water partition coefficient (Wildman–Crippen LogP) is 1.91. The molecule has 2 heteroatoms. The van der Waals surface area contributed by atoms with Crippen molar-refractivity contribution in [3.63, 3.8) is 0 Å². The Morgan fingerprint density at radius 2 is 2.00 bits per heavy atom. The first kappa shape index (κ1) is 12.5. The third-order valence-electron chi connectivity index (χ3n) is 2.72. The molecular weight excluding hydrogens is 160 g/mol. The average molecular weight is 182 g/mol. The molecule has 0 rings (SSSR count). The van der Waals surface area contributed by atoms with E-state index >= 15 is 0 Å². The molecule has 0 heterocycles. The highest BCUT2D eigenvalue weighted by molar-refractivity contribution is 4.90. The van der Waals surface area contributed by atoms with Crippen molar-refractivity contribution in [1.29, 1.82) is 0 Å². The largest absolute Gasteiger partial charge is 0.271 e. The van der Waals surface area contributed by atoms with Crippen LogP contribution in [0.5, 0.6) is 0 Å². The van der Waals surface area contributed by atoms with E-state index in [1.165, 1.54) is 0 Å². The Labute approximate surface area is 82.2 Å². The lowest BCUT2D eigenvalue weighted by atomic mass is 9.78. The van der Waals surface area contributed by atoms with Crippen LogP contribution in [0.15, 0.2) is 0 Å². The van der Waals surface area contributed by atoms with E-state index in [2.05, 4.69) is 39.0 Å². The molecule has 0 saturated heterocycles. The first-order chi connectivity index (χ1) is 5.91. The highest BCUT2D eigenvalue weighted by atomic mass is 15.2. The lowest BCUT2D eigenvalue weighted by Crippen LogP contribution is -2.37. The van der Waals surface area contributed by atoms with Gasteiger partial charge in [0.1, 0.15) is 0 Å². The number of hydrazine groups is 1. The van der Waals surface area contributed by atoms with Crippen LogP contribution < -0.4 is 11.3 Å². The van der Waals surface area contributed by atoms with Crippen molar-refractivity contribution in [3.05, 3.63) is 0 Å². The summed E-state index contributed by atoms with van der Waals surface area (Å²) in [7, 11) is 0. The summed E-state index contributed by atoms with van der Waals surface area (Å²) in [5.41, 5.74) is 3.09. The Morgan fingerprint density at radius 3 is 2.31 bits per heavy atom. The van der Waals surface area contributed by atoms with Crippen LogP contribution in [0, 0.1) is 23.7 Å². The van der Waals surface area contributed by atoms with Gasteiger partial charge in [0.2, 0.25) is 0 Å². The Kier molecular flexibility index (Phi) is 5.05. The number of rotatable bonds is 4. The maximum atomic E-state index is 5.40. The van der Waals surface area contributed by atoms with Gasteiger partial charge in [-0.2, -0.15) is 0 Å². The second-order valence-corrected chi connectivity index (χ2v) is 4.77. The van der Waals surface area contributed by atoms with E-state index in [0.717, 1.165) is 6.42 Å². The van der Waals surface area contributed by atoms with Gasteiger partial charge in [0, 0.05) is 12.5 Å². The smallest absolute Gasteiger partial charge is 0.0322 e. The monoisotopic (exact) mass is 182 g/mol. The van der Waals surface area contributed by atoms with Gasteiger partial charge in [-0.15, -0.1) is 12.3 Å². The number of hydrogen-bond donors (Lipinski definition) is 2. The highest BCUT2D eigenvalue weighted by Gasteiger charge is 2.22. The van der Waals surface area contributed by atoms with E-state index < -0.39 is 0 Å². The summed E-state index contributed by atoms with van der Waals surface area (Å²) in [5.74, 6) is 8.65. The first-order valence-electron chi connectivity index (χ1n) is 4.81. The van der Waals surface area contributed by atoms with E-state index in [-0.39, 0.29) is 6.04 Å². The molecule has 0 aromatic carbocycles. The van der Waals surface area contributed by atoms with Crippen LogP contribution in [0.2, 0.25) is 0 Å². The Hall–Kier alpha value is -0.520. The minimum atomic E-state index is 0.249. The summed E-state index contributed by atoms with van der Waals surface area (Å²) < 4.78 is 0. The van der Waals surface area contributed by atoms with Gasteiger partial charge < -0.3 is 0 Å². The summed E-state index contributed by atoms with van der Waals surface area (Å²) in [5, 5.41) is 0. The predicted molar refractivity (Wildman–Crippen MR) is 57.8 cm³/mol. The van der Waals surface area contributed by atoms with E-state index in [1.54, 1.807) is 0 Å². The van der Waals surface area contributed by atoms with E-state index in [4.69, 9.17) is 12.3 Å². The Morgan fingerprint density at radius 1 is 1.46 bits per heavy atom. The fourth-order valence-electron chi connectivity index (χ4n) is 1.13. The Bertz CT molecular complexity index is 174. The zero-order valence-electron chi connectivity index (χ0n) is 9.22. The number of terminal acetylenes is 1. The molecule has 0 saturated carbocycles. The van der Waals surface area contributed by atoms with Crippen molar-refractivity contribution in [2.75, 3.05) is 0 Å². The van der Waals surface area contributed by atoms with Gasteiger partial charge in [-0.3, -0.25) is 11.3 Å². The molecule has 0 aliphatic carbocycles. The van der Waals surface area contributed by atoms with Crippen LogP contribution in [-0.4, -0.2) is 6.04 Å². The summed E-state index contributed by atoms with van der Waals surface area (Å²) in [6.07, 6.45) is 6.98. The quantitative estimate of drug-likeness (QED) is 0.396. The summed E-state index contributed by atoms with van der Waals surface area (Å²) in [6.45, 7) is 8.95. The van der Waals surface area contributed by atoms with Crippen LogP contribution in [0.25, 0.3) is 0 Å². The van der Waals surface area contributed by atoms with Crippen LogP contribution in [0.4, 0.5) is 0 Å². The van der Waals surface area contributed by atoms with Gasteiger partial charge >= 0.3 is 0 Å². The Balaban J connectivity index is 4.02. The van der Waals surface area contributed by atoms with Gasteiger partial charge in [-0.25, -0.2) is 0 Å². The fraction of sp³-hybridized carbons (Fsp3) is 0.818. The standard InChI is InChI=1S/C11H22N2/c1-6-7-10(13-12)8-9(2)11(3,4)5/h1,9-10,13H,7-8,12H2,2-5H3. The topological polar surface area (TPSA) is 38.0 Å². The second-order valence-electron chi connectivity index (χ2n) is 4.77. The molecule has 0 spiro atoms. The van der Waals surface area contributed by atoms with Crippen LogP contribution in [0.3, 0.4) is 0 Å². The molecule has 2 atom stereocenters. The number of nitrogens with two attached hydrogens (primary N) is 1. The summed E-state index contributed by atoms with van der Waals surface area (Å²) in [4.78, 5) is 0. The van der Waals surface area contributed by atoms with Gasteiger partial charge in [0.05, 0.1) is 0 Å². The zero-order valence-corrected chi connectivity index (χ0v) is 9.22. The SMILES string of the molecule is C#CCC(CC(C)C(C)(C)C)NN. The lowest BCUT2D eigenvalue weighted by molar-refractivity contribution is 0.224. The van der Waals surface area contributed by atoms with E-state index in [1.807, 2.05) is 0 Å². The summed E-state index contributed by atoms with van der Waals surface area (Å²) >= 11 is 0. The van der Waals surface area contributed by atoms with Gasteiger partial charge in [-0.05, 0) is 17.8 Å². The molecule has 0 aliphatic heterocycles. The van der Waals surface area contributed by atoms with E-state index in [9.17, 15) is 0 Å². The zero-order chi connectivity index (χ0) is 10.5. The van der Waals surface area contributed by atoms with Crippen LogP contribution >= 0.6 is 0 Å². The second kappa shape index (κ2) is 5.26. The third-order valence-corrected chi connectivity index (χ3v) is 2.72. The van der Waals surface area contributed by atoms with Crippen molar-refractivity contribution in [2.45, 2.75) is 46.6 Å². The average Bonchev–Trinajstić information content (AvgIpc) is 2.01. The first-order valence-corrected chi connectivity index (χ1v) is 4.81. The minimum Gasteiger partial charge on any atom is -0.271 e. The maximum Gasteiger partial charge on any atom is 0.0322 e. The molecule has 0 bridgehead atoms. The van der Waals surface area contributed by atoms with Gasteiger partial charge in [-0.1, -0.05) is 27.7 Å². The lowest BCUT2D eigenvalue weighted by Gasteiger charge is -2.29. The molecule has 0 amide bonds. The molecule has 0 aliphatic rings. The van der Waals surface area contributed by atoms with Crippen molar-refractivity contribution >= 4 is 0 Å².